The summed E-state index contributed by atoms with van der Waals surface area (Å²) in [4.78, 5) is 20.8. The van der Waals surface area contributed by atoms with E-state index in [2.05, 4.69) is 31.1 Å². The van der Waals surface area contributed by atoms with E-state index in [1.807, 2.05) is 5.83 Å². The summed E-state index contributed by atoms with van der Waals surface area (Å²) in [5.74, 6) is 0.375. The number of halogens is 7. The van der Waals surface area contributed by atoms with Crippen LogP contribution in [0.5, 0.6) is 0 Å². The number of pyridine rings is 1. The lowest BCUT2D eigenvalue weighted by Crippen LogP contribution is -2.47. The van der Waals surface area contributed by atoms with E-state index in [1.54, 1.807) is 24.1 Å². The van der Waals surface area contributed by atoms with Crippen molar-refractivity contribution >= 4 is 33.7 Å². The van der Waals surface area contributed by atoms with Gasteiger partial charge in [-0.25, -0.2) is 4.39 Å². The van der Waals surface area contributed by atoms with E-state index in [0.29, 0.717) is 41.9 Å². The van der Waals surface area contributed by atoms with Crippen molar-refractivity contribution in [3.8, 4) is 11.5 Å². The van der Waals surface area contributed by atoms with Gasteiger partial charge in [0.25, 0.3) is 5.89 Å². The van der Waals surface area contributed by atoms with Gasteiger partial charge in [-0.15, -0.1) is 10.2 Å². The van der Waals surface area contributed by atoms with Gasteiger partial charge in [0.2, 0.25) is 12.3 Å². The predicted molar refractivity (Wildman–Crippen MR) is 140 cm³/mol. The smallest absolute Gasteiger partial charge is 0.401 e. The number of alkyl halides is 6. The van der Waals surface area contributed by atoms with Gasteiger partial charge >= 0.3 is 12.6 Å². The zero-order valence-electron chi connectivity index (χ0n) is 21.6. The third-order valence-electron chi connectivity index (χ3n) is 6.19. The lowest BCUT2D eigenvalue weighted by Gasteiger charge is -2.38. The Morgan fingerprint density at radius 1 is 1.12 bits per heavy atom. The Balaban J connectivity index is 0.00000216. The second kappa shape index (κ2) is 13.9. The number of likely N-dealkylation sites (tertiary alicyclic amines) is 1. The van der Waals surface area contributed by atoms with Crippen LogP contribution in [0.2, 0.25) is 0 Å². The Kier molecular flexibility index (Phi) is 10.9. The summed E-state index contributed by atoms with van der Waals surface area (Å²) < 4.78 is 82.7. The van der Waals surface area contributed by atoms with Gasteiger partial charge in [0, 0.05) is 32.4 Å². The molecular weight excluding hydrogens is 610 g/mol. The largest absolute Gasteiger partial charge is 0.415 e. The monoisotopic (exact) mass is 636 g/mol. The SMILES string of the molecule is CBr.CN(Cc1ccc(-c2nnc(C(F)F)o2)cn1)c1cc(F)ccc1N(C=O)C1CCN(CC(F)(F)F)CC1. The van der Waals surface area contributed by atoms with Crippen LogP contribution in [0.1, 0.15) is 30.9 Å². The summed E-state index contributed by atoms with van der Waals surface area (Å²) in [7, 11) is 1.68. The number of amides is 1. The number of hydrogen-bond acceptors (Lipinski definition) is 7. The number of piperidine rings is 1. The van der Waals surface area contributed by atoms with E-state index in [4.69, 9.17) is 4.42 Å². The lowest BCUT2D eigenvalue weighted by molar-refractivity contribution is -0.148. The van der Waals surface area contributed by atoms with E-state index >= 15 is 0 Å². The molecular formula is C25H27BrF6N6O2. The topological polar surface area (TPSA) is 78.6 Å². The number of carbonyl (C=O) groups excluding carboxylic acids is 1. The molecule has 1 aliphatic rings. The normalized spacial score (nSPS) is 14.6. The maximum absolute atomic E-state index is 14.2. The average Bonchev–Trinajstić information content (AvgIpc) is 3.42. The molecule has 1 aliphatic heterocycles. The summed E-state index contributed by atoms with van der Waals surface area (Å²) in [6, 6.07) is 6.78. The van der Waals surface area contributed by atoms with Crippen molar-refractivity contribution in [2.45, 2.75) is 38.0 Å². The second-order valence-corrected chi connectivity index (χ2v) is 8.91. The Morgan fingerprint density at radius 3 is 2.38 bits per heavy atom. The third-order valence-corrected chi connectivity index (χ3v) is 6.19. The minimum atomic E-state index is -4.30. The molecule has 218 valence electrons. The molecule has 3 heterocycles. The minimum absolute atomic E-state index is 0.108. The van der Waals surface area contributed by atoms with Crippen LogP contribution in [-0.2, 0) is 11.3 Å². The van der Waals surface area contributed by atoms with Crippen molar-refractivity contribution in [1.29, 1.82) is 0 Å². The Hall–Kier alpha value is -3.20. The zero-order valence-corrected chi connectivity index (χ0v) is 23.2. The Morgan fingerprint density at radius 2 is 1.82 bits per heavy atom. The van der Waals surface area contributed by atoms with Crippen molar-refractivity contribution in [2.24, 2.45) is 0 Å². The molecule has 0 bridgehead atoms. The van der Waals surface area contributed by atoms with Crippen LogP contribution in [0.15, 0.2) is 40.9 Å². The van der Waals surface area contributed by atoms with Gasteiger partial charge in [-0.05, 0) is 49.0 Å². The molecule has 0 atom stereocenters. The Labute approximate surface area is 235 Å². The summed E-state index contributed by atoms with van der Waals surface area (Å²) in [5.41, 5.74) is 1.68. The van der Waals surface area contributed by atoms with Crippen molar-refractivity contribution < 1.29 is 35.6 Å². The number of nitrogens with zero attached hydrogens (tertiary/aromatic N) is 6. The van der Waals surface area contributed by atoms with Crippen LogP contribution in [-0.4, -0.2) is 71.2 Å². The third kappa shape index (κ3) is 8.16. The predicted octanol–water partition coefficient (Wildman–Crippen LogP) is 5.85. The summed E-state index contributed by atoms with van der Waals surface area (Å²) in [5, 5.41) is 6.86. The maximum Gasteiger partial charge on any atom is 0.401 e. The van der Waals surface area contributed by atoms with Gasteiger partial charge in [-0.1, -0.05) is 15.9 Å². The molecule has 0 unspecified atom stereocenters. The molecule has 4 rings (SSSR count). The molecule has 2 aromatic heterocycles. The molecule has 3 aromatic rings. The van der Waals surface area contributed by atoms with Crippen LogP contribution >= 0.6 is 15.9 Å². The van der Waals surface area contributed by atoms with Gasteiger partial charge in [-0.2, -0.15) is 22.0 Å². The number of benzene rings is 1. The van der Waals surface area contributed by atoms with E-state index in [1.165, 1.54) is 34.2 Å². The van der Waals surface area contributed by atoms with Crippen molar-refractivity contribution in [3.63, 3.8) is 0 Å². The first kappa shape index (κ1) is 31.3. The number of rotatable bonds is 9. The van der Waals surface area contributed by atoms with Crippen molar-refractivity contribution in [1.82, 2.24) is 20.1 Å². The maximum atomic E-state index is 14.2. The quantitative estimate of drug-likeness (QED) is 0.166. The summed E-state index contributed by atoms with van der Waals surface area (Å²) >= 11 is 2.94. The van der Waals surface area contributed by atoms with Crippen LogP contribution in [0.4, 0.5) is 37.7 Å². The molecule has 0 N–H and O–H groups in total. The molecule has 0 spiro atoms. The number of aromatic nitrogens is 3. The fourth-order valence-electron chi connectivity index (χ4n) is 4.38. The van der Waals surface area contributed by atoms with E-state index < -0.39 is 30.9 Å². The fourth-order valence-corrected chi connectivity index (χ4v) is 4.38. The van der Waals surface area contributed by atoms with Crippen molar-refractivity contribution in [2.75, 3.05) is 42.3 Å². The first-order valence-electron chi connectivity index (χ1n) is 12.0. The van der Waals surface area contributed by atoms with E-state index in [-0.39, 0.29) is 31.6 Å². The average molecular weight is 637 g/mol. The highest BCUT2D eigenvalue weighted by Gasteiger charge is 2.34. The summed E-state index contributed by atoms with van der Waals surface area (Å²) in [6.07, 6.45) is -4.53. The first-order valence-corrected chi connectivity index (χ1v) is 13.6. The molecule has 0 aliphatic carbocycles. The minimum Gasteiger partial charge on any atom is -0.415 e. The zero-order chi connectivity index (χ0) is 29.4. The standard InChI is InChI=1S/C24H24F6N6O2.CH3Br/c1-34(12-17-4-2-15(11-31-17)22-32-33-23(38-22)21(26)27)20-10-16(25)3-5-19(20)36(14-37)18-6-8-35(9-7-18)13-24(28,29)30;1-2/h2-5,10-11,14,18,21H,6-9,12-13H2,1H3;1H3. The number of carbonyl (C=O) groups is 1. The number of anilines is 2. The van der Waals surface area contributed by atoms with Crippen LogP contribution in [0.3, 0.4) is 0 Å². The Bertz CT molecular complexity index is 1240. The molecule has 15 heteroatoms. The van der Waals surface area contributed by atoms with Gasteiger partial charge in [0.1, 0.15) is 5.82 Å². The molecule has 1 amide bonds. The van der Waals surface area contributed by atoms with Crippen LogP contribution < -0.4 is 9.80 Å². The molecule has 0 saturated carbocycles. The highest BCUT2D eigenvalue weighted by atomic mass is 79.9. The van der Waals surface area contributed by atoms with Crippen molar-refractivity contribution in [3.05, 3.63) is 53.9 Å². The lowest BCUT2D eigenvalue weighted by atomic mass is 10.0. The molecule has 1 saturated heterocycles. The molecule has 1 fully saturated rings. The summed E-state index contributed by atoms with van der Waals surface area (Å²) in [6.45, 7) is -0.456. The molecule has 0 radical (unpaired) electrons. The van der Waals surface area contributed by atoms with E-state index in [9.17, 15) is 31.1 Å². The van der Waals surface area contributed by atoms with Gasteiger partial charge < -0.3 is 14.2 Å². The highest BCUT2D eigenvalue weighted by molar-refractivity contribution is 9.08. The molecule has 8 nitrogen and oxygen atoms in total. The van der Waals surface area contributed by atoms with Gasteiger partial charge in [0.05, 0.1) is 35.7 Å². The van der Waals surface area contributed by atoms with E-state index in [0.717, 1.165) is 0 Å². The van der Waals surface area contributed by atoms with Gasteiger partial charge in [0.15, 0.2) is 0 Å². The first-order chi connectivity index (χ1) is 19.0. The molecule has 40 heavy (non-hydrogen) atoms. The van der Waals surface area contributed by atoms with Crippen LogP contribution in [0.25, 0.3) is 11.5 Å². The highest BCUT2D eigenvalue weighted by Crippen LogP contribution is 2.34. The molecule has 1 aromatic carbocycles. The van der Waals surface area contributed by atoms with Crippen LogP contribution in [0, 0.1) is 5.82 Å². The van der Waals surface area contributed by atoms with Gasteiger partial charge in [-0.3, -0.25) is 14.7 Å². The fraction of sp³-hybridized carbons (Fsp3) is 0.440. The second-order valence-electron chi connectivity index (χ2n) is 8.91. The number of hydrogen-bond donors (Lipinski definition) is 0.